The summed E-state index contributed by atoms with van der Waals surface area (Å²) in [7, 11) is 0. The number of nitrogens with one attached hydrogen (secondary N) is 1. The summed E-state index contributed by atoms with van der Waals surface area (Å²) < 4.78 is 3.39. The van der Waals surface area contributed by atoms with E-state index in [1.54, 1.807) is 35.5 Å². The average Bonchev–Trinajstić information content (AvgIpc) is 3.54. The van der Waals surface area contributed by atoms with Crippen LogP contribution in [0.3, 0.4) is 0 Å². The number of hydrogen-bond acceptors (Lipinski definition) is 6. The van der Waals surface area contributed by atoms with Gasteiger partial charge in [-0.2, -0.15) is 10.2 Å². The molecule has 10 heteroatoms. The van der Waals surface area contributed by atoms with Crippen LogP contribution in [0.1, 0.15) is 32.2 Å². The summed E-state index contributed by atoms with van der Waals surface area (Å²) in [6.07, 6.45) is 3.44. The van der Waals surface area contributed by atoms with E-state index in [1.807, 2.05) is 29.8 Å². The van der Waals surface area contributed by atoms with E-state index in [4.69, 9.17) is 0 Å². The van der Waals surface area contributed by atoms with Crippen LogP contribution in [0.4, 0.5) is 11.4 Å². The molecule has 3 aromatic heterocycles. The second-order valence-corrected chi connectivity index (χ2v) is 9.18. The highest BCUT2D eigenvalue weighted by Crippen LogP contribution is 2.24. The van der Waals surface area contributed by atoms with Gasteiger partial charge in [0.1, 0.15) is 11.4 Å². The monoisotopic (exact) mass is 486 g/mol. The molecule has 1 amide bonds. The third-order valence-electron chi connectivity index (χ3n) is 5.84. The van der Waals surface area contributed by atoms with Gasteiger partial charge in [0.05, 0.1) is 34.8 Å². The number of aromatic nitrogens is 4. The van der Waals surface area contributed by atoms with Gasteiger partial charge in [-0.3, -0.25) is 24.3 Å². The molecule has 3 heterocycles. The van der Waals surface area contributed by atoms with Gasteiger partial charge in [0, 0.05) is 6.20 Å². The van der Waals surface area contributed by atoms with Crippen LogP contribution in [0, 0.1) is 24.0 Å². The van der Waals surface area contributed by atoms with Gasteiger partial charge in [-0.25, -0.2) is 0 Å². The van der Waals surface area contributed by atoms with E-state index in [-0.39, 0.29) is 11.6 Å². The number of benzene rings is 2. The molecule has 0 bridgehead atoms. The Kier molecular flexibility index (Phi) is 5.87. The van der Waals surface area contributed by atoms with E-state index in [2.05, 4.69) is 39.8 Å². The van der Waals surface area contributed by atoms with Crippen LogP contribution in [0.15, 0.2) is 66.3 Å². The Labute approximate surface area is 204 Å². The largest absolute Gasteiger partial charge is 0.319 e. The summed E-state index contributed by atoms with van der Waals surface area (Å²) in [4.78, 5) is 24.1. The van der Waals surface area contributed by atoms with Crippen LogP contribution in [0.2, 0.25) is 0 Å². The van der Waals surface area contributed by atoms with Crippen molar-refractivity contribution >= 4 is 39.4 Å². The van der Waals surface area contributed by atoms with Gasteiger partial charge in [-0.1, -0.05) is 42.5 Å². The second-order valence-electron chi connectivity index (χ2n) is 8.27. The lowest BCUT2D eigenvalue weighted by molar-refractivity contribution is -0.386. The smallest absolute Gasteiger partial charge is 0.312 e. The summed E-state index contributed by atoms with van der Waals surface area (Å²) in [5.41, 5.74) is 3.51. The fourth-order valence-electron chi connectivity index (χ4n) is 4.17. The van der Waals surface area contributed by atoms with Crippen LogP contribution in [0.25, 0.3) is 10.8 Å². The Morgan fingerprint density at radius 3 is 2.74 bits per heavy atom. The summed E-state index contributed by atoms with van der Waals surface area (Å²) in [5, 5.41) is 27.0. The zero-order chi connectivity index (χ0) is 24.5. The molecule has 2 aromatic carbocycles. The Balaban J connectivity index is 1.26. The number of fused-ring (bicyclic) bond motifs is 1. The molecule has 0 aliphatic heterocycles. The highest BCUT2D eigenvalue weighted by molar-refractivity contribution is 7.12. The lowest BCUT2D eigenvalue weighted by Gasteiger charge is -2.06. The minimum atomic E-state index is -0.416. The van der Waals surface area contributed by atoms with Crippen molar-refractivity contribution in [1.82, 2.24) is 19.6 Å². The van der Waals surface area contributed by atoms with E-state index in [0.717, 1.165) is 11.1 Å². The number of amides is 1. The second kappa shape index (κ2) is 9.15. The number of aryl methyl sites for hydroxylation is 1. The number of hydrogen-bond donors (Lipinski definition) is 1. The maximum absolute atomic E-state index is 12.8. The fraction of sp³-hybridized carbons (Fsp3) is 0.160. The molecule has 0 saturated carbocycles. The third-order valence-corrected chi connectivity index (χ3v) is 6.82. The van der Waals surface area contributed by atoms with E-state index in [1.165, 1.54) is 22.1 Å². The van der Waals surface area contributed by atoms with E-state index < -0.39 is 4.92 Å². The highest BCUT2D eigenvalue weighted by atomic mass is 32.1. The molecule has 0 atom stereocenters. The van der Waals surface area contributed by atoms with Crippen LogP contribution in [0.5, 0.6) is 0 Å². The molecular weight excluding hydrogens is 464 g/mol. The lowest BCUT2D eigenvalue weighted by atomic mass is 10.0. The number of anilines is 1. The fourth-order valence-corrected chi connectivity index (χ4v) is 4.97. The third kappa shape index (κ3) is 4.56. The van der Waals surface area contributed by atoms with Gasteiger partial charge in [0.2, 0.25) is 0 Å². The molecule has 0 aliphatic rings. The highest BCUT2D eigenvalue weighted by Gasteiger charge is 2.22. The first-order chi connectivity index (χ1) is 16.9. The normalized spacial score (nSPS) is 11.1. The van der Waals surface area contributed by atoms with Crippen molar-refractivity contribution in [1.29, 1.82) is 0 Å². The number of nitrogens with zero attached hydrogens (tertiary/aromatic N) is 5. The maximum Gasteiger partial charge on any atom is 0.312 e. The first kappa shape index (κ1) is 22.5. The molecule has 5 aromatic rings. The molecule has 0 fully saturated rings. The molecule has 5 rings (SSSR count). The SMILES string of the molecule is Cc1nn(Cc2csc(C(=O)Nc3cnn(Cc4cccc5ccccc45)c3)c2)c(C)c1[N+](=O)[O-]. The maximum atomic E-state index is 12.8. The van der Waals surface area contributed by atoms with Gasteiger partial charge >= 0.3 is 5.69 Å². The predicted octanol–water partition coefficient (Wildman–Crippen LogP) is 5.17. The van der Waals surface area contributed by atoms with Crippen LogP contribution >= 0.6 is 11.3 Å². The van der Waals surface area contributed by atoms with Gasteiger partial charge in [-0.15, -0.1) is 11.3 Å². The lowest BCUT2D eigenvalue weighted by Crippen LogP contribution is -2.10. The molecule has 1 N–H and O–H groups in total. The summed E-state index contributed by atoms with van der Waals surface area (Å²) in [6, 6.07) is 16.2. The van der Waals surface area contributed by atoms with Gasteiger partial charge < -0.3 is 5.32 Å². The van der Waals surface area contributed by atoms with Crippen molar-refractivity contribution in [2.75, 3.05) is 5.32 Å². The quantitative estimate of drug-likeness (QED) is 0.252. The number of carbonyl (C=O) groups is 1. The topological polar surface area (TPSA) is 108 Å². The minimum Gasteiger partial charge on any atom is -0.319 e. The van der Waals surface area contributed by atoms with E-state index in [9.17, 15) is 14.9 Å². The Morgan fingerprint density at radius 2 is 1.94 bits per heavy atom. The number of thiophene rings is 1. The van der Waals surface area contributed by atoms with Crippen molar-refractivity contribution in [3.63, 3.8) is 0 Å². The van der Waals surface area contributed by atoms with Crippen molar-refractivity contribution < 1.29 is 9.72 Å². The zero-order valence-electron chi connectivity index (χ0n) is 19.1. The molecule has 0 spiro atoms. The van der Waals surface area contributed by atoms with Crippen molar-refractivity contribution in [2.45, 2.75) is 26.9 Å². The number of rotatable bonds is 7. The van der Waals surface area contributed by atoms with Crippen molar-refractivity contribution in [2.24, 2.45) is 0 Å². The van der Waals surface area contributed by atoms with Gasteiger partial charge in [0.25, 0.3) is 5.91 Å². The van der Waals surface area contributed by atoms with E-state index in [0.29, 0.717) is 35.0 Å². The van der Waals surface area contributed by atoms with Gasteiger partial charge in [0.15, 0.2) is 0 Å². The van der Waals surface area contributed by atoms with Crippen LogP contribution in [-0.4, -0.2) is 30.4 Å². The summed E-state index contributed by atoms with van der Waals surface area (Å²) in [6.45, 7) is 4.24. The molecule has 0 saturated heterocycles. The zero-order valence-corrected chi connectivity index (χ0v) is 20.0. The Morgan fingerprint density at radius 1 is 1.14 bits per heavy atom. The minimum absolute atomic E-state index is 0.0266. The Hall–Kier alpha value is -4.31. The molecule has 176 valence electrons. The van der Waals surface area contributed by atoms with Crippen LogP contribution < -0.4 is 5.32 Å². The molecule has 9 nitrogen and oxygen atoms in total. The molecule has 0 unspecified atom stereocenters. The Bertz CT molecular complexity index is 1560. The molecule has 0 aliphatic carbocycles. The van der Waals surface area contributed by atoms with Crippen molar-refractivity contribution in [3.8, 4) is 0 Å². The first-order valence-corrected chi connectivity index (χ1v) is 11.8. The van der Waals surface area contributed by atoms with Crippen molar-refractivity contribution in [3.05, 3.63) is 104 Å². The molecular formula is C25H22N6O3S. The first-order valence-electron chi connectivity index (χ1n) is 11.0. The average molecular weight is 487 g/mol. The van der Waals surface area contributed by atoms with E-state index >= 15 is 0 Å². The van der Waals surface area contributed by atoms with Gasteiger partial charge in [-0.05, 0) is 47.2 Å². The number of nitro groups is 1. The summed E-state index contributed by atoms with van der Waals surface area (Å²) in [5.74, 6) is -0.231. The molecule has 0 radical (unpaired) electrons. The van der Waals surface area contributed by atoms with Crippen LogP contribution in [-0.2, 0) is 13.1 Å². The summed E-state index contributed by atoms with van der Waals surface area (Å²) >= 11 is 1.32. The predicted molar refractivity (Wildman–Crippen MR) is 135 cm³/mol. The number of carbonyl (C=O) groups excluding carboxylic acids is 1. The standard InChI is InChI=1S/C25H22N6O3S/c1-16-24(31(33)34)17(2)30(28-16)12-18-10-23(35-15-18)25(32)27-21-11-26-29(14-21)13-20-8-5-7-19-6-3-4-9-22(19)20/h3-11,14-15H,12-13H2,1-2H3,(H,27,32). The molecule has 35 heavy (non-hydrogen) atoms.